The molecule has 2 fully saturated rings. The Balaban J connectivity index is 1.72. The van der Waals surface area contributed by atoms with Crippen molar-refractivity contribution in [2.24, 2.45) is 0 Å². The van der Waals surface area contributed by atoms with Gasteiger partial charge in [-0.3, -0.25) is 15.0 Å². The largest absolute Gasteiger partial charge is 0.379 e. The van der Waals surface area contributed by atoms with Gasteiger partial charge in [0, 0.05) is 57.9 Å². The molecule has 2 heterocycles. The summed E-state index contributed by atoms with van der Waals surface area (Å²) in [5.41, 5.74) is 0.0989. The third kappa shape index (κ3) is 5.23. The normalized spacial score (nSPS) is 21.0. The van der Waals surface area contributed by atoms with Crippen molar-refractivity contribution in [1.29, 1.82) is 0 Å². The van der Waals surface area contributed by atoms with Crippen molar-refractivity contribution >= 4 is 21.4 Å². The third-order valence-corrected chi connectivity index (χ3v) is 7.42. The van der Waals surface area contributed by atoms with Crippen molar-refractivity contribution in [3.05, 3.63) is 28.3 Å². The number of morpholine rings is 1. The first-order valence-corrected chi connectivity index (χ1v) is 11.3. The van der Waals surface area contributed by atoms with Gasteiger partial charge in [-0.2, -0.15) is 4.31 Å². The summed E-state index contributed by atoms with van der Waals surface area (Å²) in [6, 6.07) is 4.27. The number of ether oxygens (including phenoxy) is 1. The highest BCUT2D eigenvalue weighted by atomic mass is 32.2. The van der Waals surface area contributed by atoms with Crippen LogP contribution in [0.5, 0.6) is 0 Å². The van der Waals surface area contributed by atoms with Crippen molar-refractivity contribution < 1.29 is 18.1 Å². The van der Waals surface area contributed by atoms with Crippen LogP contribution in [0, 0.1) is 10.1 Å². The highest BCUT2D eigenvalue weighted by Gasteiger charge is 2.29. The summed E-state index contributed by atoms with van der Waals surface area (Å²) in [6.45, 7) is 7.68. The molecule has 162 valence electrons. The van der Waals surface area contributed by atoms with Gasteiger partial charge < -0.3 is 15.0 Å². The van der Waals surface area contributed by atoms with Gasteiger partial charge in [0.25, 0.3) is 5.69 Å². The maximum absolute atomic E-state index is 12.8. The lowest BCUT2D eigenvalue weighted by atomic mass is 10.2. The van der Waals surface area contributed by atoms with Crippen molar-refractivity contribution in [3.63, 3.8) is 0 Å². The zero-order valence-corrected chi connectivity index (χ0v) is 17.7. The van der Waals surface area contributed by atoms with E-state index in [1.807, 2.05) is 0 Å². The molecule has 1 unspecified atom stereocenters. The number of nitro benzene ring substituents is 1. The smallest absolute Gasteiger partial charge is 0.293 e. The molecule has 1 N–H and O–H groups in total. The minimum atomic E-state index is -3.78. The SMILES string of the molecule is CC(CNc1ccc(S(=O)(=O)N2CCOCC2)cc1[N+](=O)[O-])N1CCN(C)CC1. The third-order valence-electron chi connectivity index (χ3n) is 5.52. The van der Waals surface area contributed by atoms with E-state index in [0.29, 0.717) is 25.4 Å². The zero-order chi connectivity index (χ0) is 21.0. The number of rotatable bonds is 7. The van der Waals surface area contributed by atoms with Gasteiger partial charge >= 0.3 is 0 Å². The van der Waals surface area contributed by atoms with Crippen LogP contribution in [0.1, 0.15) is 6.92 Å². The zero-order valence-electron chi connectivity index (χ0n) is 16.9. The Morgan fingerprint density at radius 1 is 1.17 bits per heavy atom. The molecule has 0 spiro atoms. The fraction of sp³-hybridized carbons (Fsp3) is 0.667. The number of likely N-dealkylation sites (N-methyl/N-ethyl adjacent to an activating group) is 1. The molecule has 0 aliphatic carbocycles. The Kier molecular flexibility index (Phi) is 7.06. The summed E-state index contributed by atoms with van der Waals surface area (Å²) in [6.07, 6.45) is 0. The van der Waals surface area contributed by atoms with E-state index in [1.165, 1.54) is 16.4 Å². The van der Waals surface area contributed by atoms with Crippen LogP contribution in [0.4, 0.5) is 11.4 Å². The topological polar surface area (TPSA) is 108 Å². The van der Waals surface area contributed by atoms with Crippen LogP contribution >= 0.6 is 0 Å². The molecule has 10 nitrogen and oxygen atoms in total. The van der Waals surface area contributed by atoms with Crippen LogP contribution in [-0.4, -0.2) is 99.6 Å². The molecule has 2 aliphatic heterocycles. The highest BCUT2D eigenvalue weighted by molar-refractivity contribution is 7.89. The second kappa shape index (κ2) is 9.35. The van der Waals surface area contributed by atoms with Crippen LogP contribution in [0.2, 0.25) is 0 Å². The Labute approximate surface area is 171 Å². The van der Waals surface area contributed by atoms with Gasteiger partial charge in [0.1, 0.15) is 5.69 Å². The lowest BCUT2D eigenvalue weighted by Crippen LogP contribution is -2.49. The van der Waals surface area contributed by atoms with Gasteiger partial charge in [-0.15, -0.1) is 0 Å². The quantitative estimate of drug-likeness (QED) is 0.500. The van der Waals surface area contributed by atoms with Gasteiger partial charge in [-0.25, -0.2) is 8.42 Å². The molecule has 1 aromatic rings. The molecule has 0 radical (unpaired) electrons. The Morgan fingerprint density at radius 2 is 1.83 bits per heavy atom. The molecule has 0 saturated carbocycles. The van der Waals surface area contributed by atoms with Crippen LogP contribution < -0.4 is 5.32 Å². The maximum Gasteiger partial charge on any atom is 0.293 e. The van der Waals surface area contributed by atoms with Crippen molar-refractivity contribution in [3.8, 4) is 0 Å². The Hall–Kier alpha value is -1.79. The second-order valence-electron chi connectivity index (χ2n) is 7.52. The minimum absolute atomic E-state index is 0.0660. The number of anilines is 1. The number of sulfonamides is 1. The van der Waals surface area contributed by atoms with E-state index < -0.39 is 14.9 Å². The van der Waals surface area contributed by atoms with E-state index >= 15 is 0 Å². The van der Waals surface area contributed by atoms with Crippen molar-refractivity contribution in [1.82, 2.24) is 14.1 Å². The first-order chi connectivity index (χ1) is 13.8. The van der Waals surface area contributed by atoms with Gasteiger partial charge in [-0.1, -0.05) is 0 Å². The molecular weight excluding hydrogens is 398 g/mol. The summed E-state index contributed by atoms with van der Waals surface area (Å²) in [7, 11) is -1.69. The van der Waals surface area contributed by atoms with E-state index in [1.54, 1.807) is 0 Å². The van der Waals surface area contributed by atoms with Gasteiger partial charge in [0.05, 0.1) is 23.0 Å². The molecule has 2 saturated heterocycles. The molecule has 1 atom stereocenters. The standard InChI is InChI=1S/C18H29N5O5S/c1-15(21-7-5-20(2)6-8-21)14-19-17-4-3-16(13-18(17)23(24)25)29(26,27)22-9-11-28-12-10-22/h3-4,13,15,19H,5-12,14H2,1-2H3. The highest BCUT2D eigenvalue weighted by Crippen LogP contribution is 2.29. The second-order valence-corrected chi connectivity index (χ2v) is 9.46. The molecule has 0 bridgehead atoms. The fourth-order valence-electron chi connectivity index (χ4n) is 3.56. The average Bonchev–Trinajstić information content (AvgIpc) is 2.73. The molecule has 11 heteroatoms. The van der Waals surface area contributed by atoms with Crippen molar-refractivity contribution in [2.75, 3.05) is 71.4 Å². The predicted octanol–water partition coefficient (Wildman–Crippen LogP) is 0.664. The maximum atomic E-state index is 12.8. The number of benzene rings is 1. The number of piperazine rings is 1. The van der Waals surface area contributed by atoms with Gasteiger partial charge in [-0.05, 0) is 26.1 Å². The average molecular weight is 428 g/mol. The minimum Gasteiger partial charge on any atom is -0.379 e. The summed E-state index contributed by atoms with van der Waals surface area (Å²) in [5, 5.41) is 14.7. The summed E-state index contributed by atoms with van der Waals surface area (Å²) >= 11 is 0. The van der Waals surface area contributed by atoms with E-state index in [2.05, 4.69) is 29.1 Å². The number of hydrogen-bond donors (Lipinski definition) is 1. The molecule has 0 amide bonds. The number of hydrogen-bond acceptors (Lipinski definition) is 8. The van der Waals surface area contributed by atoms with Crippen LogP contribution in [0.25, 0.3) is 0 Å². The van der Waals surface area contributed by atoms with E-state index in [-0.39, 0.29) is 29.7 Å². The molecule has 1 aromatic carbocycles. The molecule has 29 heavy (non-hydrogen) atoms. The molecule has 2 aliphatic rings. The lowest BCUT2D eigenvalue weighted by Gasteiger charge is -2.36. The van der Waals surface area contributed by atoms with E-state index in [0.717, 1.165) is 32.2 Å². The van der Waals surface area contributed by atoms with Gasteiger partial charge in [0.2, 0.25) is 10.0 Å². The Bertz CT molecular complexity index is 820. The van der Waals surface area contributed by atoms with Gasteiger partial charge in [0.15, 0.2) is 0 Å². The monoisotopic (exact) mass is 427 g/mol. The predicted molar refractivity (Wildman–Crippen MR) is 110 cm³/mol. The molecular formula is C18H29N5O5S. The Morgan fingerprint density at radius 3 is 2.45 bits per heavy atom. The van der Waals surface area contributed by atoms with Crippen molar-refractivity contribution in [2.45, 2.75) is 17.9 Å². The number of nitro groups is 1. The van der Waals surface area contributed by atoms with Crippen LogP contribution in [0.15, 0.2) is 23.1 Å². The lowest BCUT2D eigenvalue weighted by molar-refractivity contribution is -0.384. The molecule has 3 rings (SSSR count). The van der Waals surface area contributed by atoms with E-state index in [4.69, 9.17) is 4.74 Å². The summed E-state index contributed by atoms with van der Waals surface area (Å²) in [5.74, 6) is 0. The summed E-state index contributed by atoms with van der Waals surface area (Å²) < 4.78 is 32.1. The number of nitrogens with zero attached hydrogens (tertiary/aromatic N) is 4. The van der Waals surface area contributed by atoms with Crippen LogP contribution in [0.3, 0.4) is 0 Å². The number of nitrogens with one attached hydrogen (secondary N) is 1. The first kappa shape index (κ1) is 21.9. The first-order valence-electron chi connectivity index (χ1n) is 9.82. The van der Waals surface area contributed by atoms with Crippen LogP contribution in [-0.2, 0) is 14.8 Å². The summed E-state index contributed by atoms with van der Waals surface area (Å²) in [4.78, 5) is 15.6. The van der Waals surface area contributed by atoms with E-state index in [9.17, 15) is 18.5 Å². The fourth-order valence-corrected chi connectivity index (χ4v) is 4.99. The molecule has 0 aromatic heterocycles.